The molecule has 0 aromatic rings. The van der Waals surface area contributed by atoms with Crippen molar-refractivity contribution in [3.05, 3.63) is 0 Å². The van der Waals surface area contributed by atoms with Gasteiger partial charge in [0.15, 0.2) is 0 Å². The smallest absolute Gasteiger partial charge is 0.431 e. The second-order valence-corrected chi connectivity index (χ2v) is 2.11. The first-order valence-electron chi connectivity index (χ1n) is 2.14. The maximum Gasteiger partial charge on any atom is 0.431 e. The third kappa shape index (κ3) is 3.78. The standard InChI is InChI=1S/C4H5NO3S/c5-3(4(7)8)1-9-2-6/h3H,1,5H2/t3-/m0/s1. The number of hydrogen-bond acceptors (Lipinski definition) is 4. The topological polar surface area (TPSA) is 83.2 Å². The van der Waals surface area contributed by atoms with Crippen LogP contribution in [-0.4, -0.2) is 23.0 Å². The van der Waals surface area contributed by atoms with E-state index in [0.717, 1.165) is 0 Å². The summed E-state index contributed by atoms with van der Waals surface area (Å²) in [6, 6.07) is -1.07. The molecule has 0 aliphatic rings. The Morgan fingerprint density at radius 1 is 1.89 bits per heavy atom. The number of carboxylic acid groups (broad SMARTS) is 1. The van der Waals surface area contributed by atoms with Gasteiger partial charge >= 0.3 is 5.23 Å². The van der Waals surface area contributed by atoms with E-state index < -0.39 is 12.0 Å². The number of carboxylic acids is 1. The lowest BCUT2D eigenvalue weighted by Gasteiger charge is -2.01. The van der Waals surface area contributed by atoms with Gasteiger partial charge < -0.3 is 15.6 Å². The molecule has 0 aromatic carbocycles. The van der Waals surface area contributed by atoms with Gasteiger partial charge in [-0.15, -0.1) is 0 Å². The summed E-state index contributed by atoms with van der Waals surface area (Å²) < 4.78 is 0. The molecule has 0 saturated heterocycles. The molecule has 0 amide bonds. The van der Waals surface area contributed by atoms with E-state index in [1.54, 1.807) is 0 Å². The summed E-state index contributed by atoms with van der Waals surface area (Å²) in [6.07, 6.45) is 0. The minimum absolute atomic E-state index is 0.0197. The molecule has 50 valence electrons. The van der Waals surface area contributed by atoms with Gasteiger partial charge in [0.05, 0.1) is 5.97 Å². The molecular weight excluding hydrogens is 142 g/mol. The maximum absolute atomic E-state index is 9.83. The molecule has 0 saturated carbocycles. The van der Waals surface area contributed by atoms with E-state index >= 15 is 0 Å². The molecule has 0 bridgehead atoms. The van der Waals surface area contributed by atoms with Gasteiger partial charge in [-0.3, -0.25) is 0 Å². The van der Waals surface area contributed by atoms with Crippen molar-refractivity contribution < 1.29 is 14.7 Å². The van der Waals surface area contributed by atoms with Crippen LogP contribution in [0.4, 0.5) is 0 Å². The van der Waals surface area contributed by atoms with Crippen molar-refractivity contribution in [2.45, 2.75) is 6.04 Å². The first-order valence-corrected chi connectivity index (χ1v) is 3.12. The highest BCUT2D eigenvalue weighted by Crippen LogP contribution is 1.71. The Balaban J connectivity index is 3.63. The number of carbonyl (C=O) groups is 1. The van der Waals surface area contributed by atoms with Crippen LogP contribution in [0.2, 0.25) is 0 Å². The van der Waals surface area contributed by atoms with Crippen molar-refractivity contribution in [1.82, 2.24) is 0 Å². The third-order valence-corrected chi connectivity index (χ3v) is 1.27. The number of rotatable bonds is 3. The van der Waals surface area contributed by atoms with Gasteiger partial charge in [-0.1, -0.05) is 0 Å². The summed E-state index contributed by atoms with van der Waals surface area (Å²) in [7, 11) is 0. The fraction of sp³-hybridized carbons (Fsp3) is 0.500. The predicted molar refractivity (Wildman–Crippen MR) is 30.9 cm³/mol. The van der Waals surface area contributed by atoms with Gasteiger partial charge in [0, 0.05) is 0 Å². The fourth-order valence-electron chi connectivity index (χ4n) is 0.192. The Hall–Kier alpha value is -0.770. The summed E-state index contributed by atoms with van der Waals surface area (Å²) in [4.78, 5) is 19.3. The lowest BCUT2D eigenvalue weighted by Crippen LogP contribution is -2.44. The summed E-state index contributed by atoms with van der Waals surface area (Å²) in [5.41, 5.74) is 4.94. The number of hydrogen-bond donors (Lipinski definition) is 1. The average molecular weight is 147 g/mol. The van der Waals surface area contributed by atoms with Crippen LogP contribution in [-0.2, 0) is 20.9 Å². The molecule has 0 rings (SSSR count). The largest absolute Gasteiger partial charge is 0.548 e. The van der Waals surface area contributed by atoms with Crippen LogP contribution in [0.5, 0.6) is 0 Å². The van der Waals surface area contributed by atoms with Gasteiger partial charge in [-0.25, -0.2) is 0 Å². The Morgan fingerprint density at radius 2 is 2.44 bits per heavy atom. The van der Waals surface area contributed by atoms with Crippen molar-refractivity contribution >= 4 is 22.6 Å². The summed E-state index contributed by atoms with van der Waals surface area (Å²) in [5.74, 6) is -1.33. The van der Waals surface area contributed by atoms with Gasteiger partial charge in [0.2, 0.25) is 5.75 Å². The van der Waals surface area contributed by atoms with E-state index in [1.807, 2.05) is 0 Å². The molecule has 0 spiro atoms. The molecule has 5 heteroatoms. The normalized spacial score (nSPS) is 11.7. The summed E-state index contributed by atoms with van der Waals surface area (Å²) in [5, 5.41) is 11.3. The highest BCUT2D eigenvalue weighted by Gasteiger charge is 2.08. The second-order valence-electron chi connectivity index (χ2n) is 1.32. The monoisotopic (exact) mass is 147 g/mol. The first kappa shape index (κ1) is 8.23. The molecule has 0 radical (unpaired) electrons. The van der Waals surface area contributed by atoms with E-state index in [-0.39, 0.29) is 5.75 Å². The Labute approximate surface area is 55.6 Å². The molecule has 4 nitrogen and oxygen atoms in total. The molecule has 1 atom stereocenters. The minimum atomic E-state index is -1.35. The number of carbonyl (C=O) groups excluding carboxylic acids is 2. The van der Waals surface area contributed by atoms with Crippen molar-refractivity contribution in [3.63, 3.8) is 0 Å². The van der Waals surface area contributed by atoms with Crippen molar-refractivity contribution in [2.75, 3.05) is 5.75 Å². The molecule has 2 N–H and O–H groups in total. The zero-order valence-electron chi connectivity index (χ0n) is 4.49. The quantitative estimate of drug-likeness (QED) is 0.345. The Morgan fingerprint density at radius 3 is 2.78 bits per heavy atom. The Kier molecular flexibility index (Phi) is 3.79. The highest BCUT2D eigenvalue weighted by molar-refractivity contribution is 7.76. The zero-order chi connectivity index (χ0) is 7.28. The molecule has 0 fully saturated rings. The van der Waals surface area contributed by atoms with Crippen molar-refractivity contribution in [1.29, 1.82) is 0 Å². The second kappa shape index (κ2) is 4.14. The van der Waals surface area contributed by atoms with Crippen LogP contribution >= 0.6 is 0 Å². The lowest BCUT2D eigenvalue weighted by atomic mass is 10.4. The third-order valence-electron chi connectivity index (χ3n) is 0.625. The molecule has 0 aliphatic carbocycles. The van der Waals surface area contributed by atoms with E-state index in [9.17, 15) is 14.7 Å². The predicted octanol–water partition coefficient (Wildman–Crippen LogP) is -2.79. The first-order chi connectivity index (χ1) is 4.18. The average Bonchev–Trinajstić information content (AvgIpc) is 1.82. The summed E-state index contributed by atoms with van der Waals surface area (Å²) in [6.45, 7) is 0. The molecule has 0 unspecified atom stereocenters. The van der Waals surface area contributed by atoms with Gasteiger partial charge in [0.1, 0.15) is 6.04 Å². The molecule has 0 aromatic heterocycles. The minimum Gasteiger partial charge on any atom is -0.548 e. The summed E-state index contributed by atoms with van der Waals surface area (Å²) >= 11 is 0.693. The van der Waals surface area contributed by atoms with Crippen LogP contribution in [0.1, 0.15) is 0 Å². The van der Waals surface area contributed by atoms with Crippen molar-refractivity contribution in [3.8, 4) is 0 Å². The number of nitrogens with two attached hydrogens (primary N) is 1. The maximum atomic E-state index is 9.83. The van der Waals surface area contributed by atoms with Crippen LogP contribution in [0.15, 0.2) is 0 Å². The number of aliphatic carboxylic acids is 1. The lowest BCUT2D eigenvalue weighted by molar-refractivity contribution is -0.306. The van der Waals surface area contributed by atoms with Crippen LogP contribution in [0.25, 0.3) is 0 Å². The van der Waals surface area contributed by atoms with Gasteiger partial charge in [-0.2, -0.15) is 4.79 Å². The molecule has 0 aliphatic heterocycles. The van der Waals surface area contributed by atoms with E-state index in [4.69, 9.17) is 5.73 Å². The van der Waals surface area contributed by atoms with Gasteiger partial charge in [0.25, 0.3) is 11.4 Å². The zero-order valence-corrected chi connectivity index (χ0v) is 5.31. The van der Waals surface area contributed by atoms with E-state index in [1.165, 1.54) is 5.23 Å². The fourth-order valence-corrected chi connectivity index (χ4v) is 0.576. The van der Waals surface area contributed by atoms with Crippen molar-refractivity contribution in [2.24, 2.45) is 5.73 Å². The van der Waals surface area contributed by atoms with Crippen LogP contribution in [0.3, 0.4) is 0 Å². The Bertz CT molecular complexity index is 152. The SMILES string of the molecule is N[C@@H](C[S+]=C=O)C(=O)[O-]. The van der Waals surface area contributed by atoms with E-state index in [2.05, 4.69) is 0 Å². The van der Waals surface area contributed by atoms with Gasteiger partial charge in [-0.05, 0) is 0 Å². The van der Waals surface area contributed by atoms with Crippen LogP contribution < -0.4 is 10.8 Å². The molecule has 9 heavy (non-hydrogen) atoms. The molecular formula is C4H5NO3S. The highest BCUT2D eigenvalue weighted by atomic mass is 32.1. The van der Waals surface area contributed by atoms with Crippen LogP contribution in [0, 0.1) is 0 Å². The molecule has 0 heterocycles. The van der Waals surface area contributed by atoms with E-state index in [0.29, 0.717) is 11.4 Å².